The molecule has 1 fully saturated rings. The second kappa shape index (κ2) is 6.86. The van der Waals surface area contributed by atoms with Crippen LogP contribution >= 0.6 is 0 Å². The number of likely N-dealkylation sites (tertiary alicyclic amines) is 1. The van der Waals surface area contributed by atoms with E-state index in [1.54, 1.807) is 42.3 Å². The number of carbonyl (C=O) groups excluding carboxylic acids is 2. The lowest BCUT2D eigenvalue weighted by molar-refractivity contribution is -0.131. The van der Waals surface area contributed by atoms with E-state index in [4.69, 9.17) is 4.42 Å². The molecule has 5 nitrogen and oxygen atoms in total. The molecule has 126 valence electrons. The van der Waals surface area contributed by atoms with Crippen LogP contribution in [0.15, 0.2) is 40.8 Å². The van der Waals surface area contributed by atoms with Crippen LogP contribution in [0.25, 0.3) is 11.3 Å². The second-order valence-corrected chi connectivity index (χ2v) is 5.91. The largest absolute Gasteiger partial charge is 0.461 e. The van der Waals surface area contributed by atoms with Gasteiger partial charge in [-0.1, -0.05) is 12.1 Å². The molecule has 1 unspecified atom stereocenters. The zero-order chi connectivity index (χ0) is 17.1. The molecule has 1 saturated heterocycles. The predicted molar refractivity (Wildman–Crippen MR) is 86.6 cm³/mol. The lowest BCUT2D eigenvalue weighted by Gasteiger charge is -2.11. The summed E-state index contributed by atoms with van der Waals surface area (Å²) in [5.41, 5.74) is 0.396. The third-order valence-electron chi connectivity index (χ3n) is 4.16. The summed E-state index contributed by atoms with van der Waals surface area (Å²) in [4.78, 5) is 25.3. The first-order chi connectivity index (χ1) is 11.5. The first-order valence-corrected chi connectivity index (χ1v) is 7.92. The van der Waals surface area contributed by atoms with Crippen molar-refractivity contribution in [2.45, 2.75) is 25.3 Å². The number of amides is 2. The van der Waals surface area contributed by atoms with Crippen LogP contribution in [0.5, 0.6) is 0 Å². The van der Waals surface area contributed by atoms with E-state index in [1.165, 1.54) is 6.07 Å². The maximum atomic E-state index is 13.7. The number of benzene rings is 1. The van der Waals surface area contributed by atoms with Crippen molar-refractivity contribution >= 4 is 11.8 Å². The number of nitrogens with one attached hydrogen (secondary N) is 1. The Morgan fingerprint density at radius 3 is 2.83 bits per heavy atom. The van der Waals surface area contributed by atoms with Gasteiger partial charge >= 0.3 is 0 Å². The van der Waals surface area contributed by atoms with Crippen LogP contribution in [0.2, 0.25) is 0 Å². The smallest absolute Gasteiger partial charge is 0.244 e. The molecule has 1 atom stereocenters. The SMILES string of the molecule is CN1CCC(NC(=O)CCc2ccc(-c3ccccc3F)o2)C1=O. The van der Waals surface area contributed by atoms with Crippen molar-refractivity contribution in [3.05, 3.63) is 48.0 Å². The molecule has 0 spiro atoms. The molecule has 1 aliphatic heterocycles. The van der Waals surface area contributed by atoms with Crippen molar-refractivity contribution in [2.75, 3.05) is 13.6 Å². The molecule has 2 aromatic rings. The van der Waals surface area contributed by atoms with Gasteiger partial charge in [0.25, 0.3) is 0 Å². The van der Waals surface area contributed by atoms with Crippen molar-refractivity contribution < 1.29 is 18.4 Å². The van der Waals surface area contributed by atoms with Gasteiger partial charge < -0.3 is 14.6 Å². The summed E-state index contributed by atoms with van der Waals surface area (Å²) in [6.45, 7) is 0.661. The van der Waals surface area contributed by atoms with Gasteiger partial charge in [-0.2, -0.15) is 0 Å². The summed E-state index contributed by atoms with van der Waals surface area (Å²) >= 11 is 0. The van der Waals surface area contributed by atoms with Crippen LogP contribution in [-0.4, -0.2) is 36.3 Å². The average Bonchev–Trinajstić information content (AvgIpc) is 3.16. The lowest BCUT2D eigenvalue weighted by atomic mass is 10.1. The molecule has 0 bridgehead atoms. The van der Waals surface area contributed by atoms with Crippen LogP contribution in [-0.2, 0) is 16.0 Å². The van der Waals surface area contributed by atoms with Gasteiger partial charge in [0.1, 0.15) is 23.4 Å². The number of aryl methyl sites for hydroxylation is 1. The summed E-state index contributed by atoms with van der Waals surface area (Å²) in [5.74, 6) is 0.463. The Morgan fingerprint density at radius 2 is 2.12 bits per heavy atom. The highest BCUT2D eigenvalue weighted by atomic mass is 19.1. The summed E-state index contributed by atoms with van der Waals surface area (Å²) < 4.78 is 19.3. The Hall–Kier alpha value is -2.63. The van der Waals surface area contributed by atoms with Crippen LogP contribution in [0, 0.1) is 5.82 Å². The standard InChI is InChI=1S/C18H19FN2O3/c1-21-11-10-15(18(21)23)20-17(22)9-7-12-6-8-16(24-12)13-4-2-3-5-14(13)19/h2-6,8,15H,7,9-11H2,1H3,(H,20,22). The molecule has 2 amide bonds. The van der Waals surface area contributed by atoms with E-state index in [9.17, 15) is 14.0 Å². The van der Waals surface area contributed by atoms with Gasteiger partial charge in [0.15, 0.2) is 0 Å². The van der Waals surface area contributed by atoms with Crippen molar-refractivity contribution in [2.24, 2.45) is 0 Å². The maximum absolute atomic E-state index is 13.7. The van der Waals surface area contributed by atoms with Crippen molar-refractivity contribution in [3.8, 4) is 11.3 Å². The van der Waals surface area contributed by atoms with Gasteiger partial charge in [0.05, 0.1) is 5.56 Å². The molecule has 1 aromatic heterocycles. The zero-order valence-corrected chi connectivity index (χ0v) is 13.4. The Kier molecular flexibility index (Phi) is 4.64. The Morgan fingerprint density at radius 1 is 1.33 bits per heavy atom. The summed E-state index contributed by atoms with van der Waals surface area (Å²) in [6, 6.07) is 9.39. The van der Waals surface area contributed by atoms with Crippen LogP contribution in [0.3, 0.4) is 0 Å². The molecule has 1 N–H and O–H groups in total. The van der Waals surface area contributed by atoms with E-state index in [2.05, 4.69) is 5.32 Å². The van der Waals surface area contributed by atoms with Gasteiger partial charge in [0, 0.05) is 26.4 Å². The molecule has 0 saturated carbocycles. The molecule has 6 heteroatoms. The summed E-state index contributed by atoms with van der Waals surface area (Å²) in [6.07, 6.45) is 1.26. The lowest BCUT2D eigenvalue weighted by Crippen LogP contribution is -2.40. The quantitative estimate of drug-likeness (QED) is 0.915. The number of halogens is 1. The van der Waals surface area contributed by atoms with E-state index in [0.717, 1.165) is 0 Å². The predicted octanol–water partition coefficient (Wildman–Crippen LogP) is 2.37. The molecule has 2 heterocycles. The molecule has 3 rings (SSSR count). The van der Waals surface area contributed by atoms with Crippen molar-refractivity contribution in [1.82, 2.24) is 10.2 Å². The minimum Gasteiger partial charge on any atom is -0.461 e. The molecule has 1 aromatic carbocycles. The monoisotopic (exact) mass is 330 g/mol. The summed E-state index contributed by atoms with van der Waals surface area (Å²) in [7, 11) is 1.72. The molecular formula is C18H19FN2O3. The highest BCUT2D eigenvalue weighted by Gasteiger charge is 2.29. The number of furan rings is 1. The zero-order valence-electron chi connectivity index (χ0n) is 13.4. The fourth-order valence-corrected chi connectivity index (χ4v) is 2.78. The summed E-state index contributed by atoms with van der Waals surface area (Å²) in [5, 5.41) is 2.75. The van der Waals surface area contributed by atoms with Crippen LogP contribution < -0.4 is 5.32 Å². The normalized spacial score (nSPS) is 17.3. The van der Waals surface area contributed by atoms with Gasteiger partial charge in [-0.3, -0.25) is 9.59 Å². The molecule has 0 radical (unpaired) electrons. The van der Waals surface area contributed by atoms with Crippen molar-refractivity contribution in [1.29, 1.82) is 0 Å². The maximum Gasteiger partial charge on any atom is 0.244 e. The Labute approximate surface area is 139 Å². The molecule has 1 aliphatic rings. The van der Waals surface area contributed by atoms with Gasteiger partial charge in [-0.15, -0.1) is 0 Å². The second-order valence-electron chi connectivity index (χ2n) is 5.91. The first-order valence-electron chi connectivity index (χ1n) is 7.92. The Balaban J connectivity index is 1.55. The van der Waals surface area contributed by atoms with Gasteiger partial charge in [0.2, 0.25) is 11.8 Å². The molecule has 24 heavy (non-hydrogen) atoms. The van der Waals surface area contributed by atoms with Gasteiger partial charge in [-0.25, -0.2) is 4.39 Å². The highest BCUT2D eigenvalue weighted by molar-refractivity contribution is 5.89. The molecule has 0 aliphatic carbocycles. The topological polar surface area (TPSA) is 62.6 Å². The van der Waals surface area contributed by atoms with E-state index < -0.39 is 6.04 Å². The van der Waals surface area contributed by atoms with Gasteiger partial charge in [-0.05, 0) is 30.7 Å². The van der Waals surface area contributed by atoms with Crippen LogP contribution in [0.1, 0.15) is 18.6 Å². The fraction of sp³-hybridized carbons (Fsp3) is 0.333. The minimum atomic E-state index is -0.423. The fourth-order valence-electron chi connectivity index (χ4n) is 2.78. The average molecular weight is 330 g/mol. The number of carbonyl (C=O) groups is 2. The number of rotatable bonds is 5. The number of likely N-dealkylation sites (N-methyl/N-ethyl adjacent to an activating group) is 1. The third-order valence-corrected chi connectivity index (χ3v) is 4.16. The van der Waals surface area contributed by atoms with E-state index in [-0.39, 0.29) is 24.1 Å². The van der Waals surface area contributed by atoms with Crippen LogP contribution in [0.4, 0.5) is 4.39 Å². The molecular weight excluding hydrogens is 311 g/mol. The number of hydrogen-bond acceptors (Lipinski definition) is 3. The Bertz CT molecular complexity index is 756. The number of hydrogen-bond donors (Lipinski definition) is 1. The van der Waals surface area contributed by atoms with E-state index in [0.29, 0.717) is 36.5 Å². The van der Waals surface area contributed by atoms with E-state index in [1.807, 2.05) is 0 Å². The minimum absolute atomic E-state index is 0.0526. The highest BCUT2D eigenvalue weighted by Crippen LogP contribution is 2.25. The third kappa shape index (κ3) is 3.48. The van der Waals surface area contributed by atoms with Crippen molar-refractivity contribution in [3.63, 3.8) is 0 Å². The first kappa shape index (κ1) is 16.2. The van der Waals surface area contributed by atoms with E-state index >= 15 is 0 Å². The number of nitrogens with zero attached hydrogens (tertiary/aromatic N) is 1.